The summed E-state index contributed by atoms with van der Waals surface area (Å²) in [5.74, 6) is 0.0694. The van der Waals surface area contributed by atoms with Crippen LogP contribution in [-0.2, 0) is 20.7 Å². The molecule has 114 valence electrons. The summed E-state index contributed by atoms with van der Waals surface area (Å²) in [6.45, 7) is 7.80. The molecule has 0 spiro atoms. The Bertz CT molecular complexity index is 595. The summed E-state index contributed by atoms with van der Waals surface area (Å²) >= 11 is 0. The van der Waals surface area contributed by atoms with Crippen LogP contribution in [0.2, 0.25) is 0 Å². The SMILES string of the molecule is CCOC(=O)c1c[nH]c(/C=C2\CC(C)(C)C(=O)O2)c1CC. The number of esters is 2. The van der Waals surface area contributed by atoms with Crippen molar-refractivity contribution >= 4 is 18.0 Å². The fourth-order valence-electron chi connectivity index (χ4n) is 2.41. The van der Waals surface area contributed by atoms with Crippen LogP contribution in [0.4, 0.5) is 0 Å². The fourth-order valence-corrected chi connectivity index (χ4v) is 2.41. The van der Waals surface area contributed by atoms with Gasteiger partial charge in [0.2, 0.25) is 0 Å². The van der Waals surface area contributed by atoms with E-state index in [2.05, 4.69) is 4.98 Å². The van der Waals surface area contributed by atoms with E-state index in [0.29, 0.717) is 30.8 Å². The molecule has 21 heavy (non-hydrogen) atoms. The number of aromatic nitrogens is 1. The Morgan fingerprint density at radius 3 is 2.71 bits per heavy atom. The van der Waals surface area contributed by atoms with E-state index in [1.165, 1.54) is 0 Å². The Hall–Kier alpha value is -2.04. The van der Waals surface area contributed by atoms with Crippen molar-refractivity contribution in [3.63, 3.8) is 0 Å². The lowest BCUT2D eigenvalue weighted by Crippen LogP contribution is -2.16. The number of allylic oxidation sites excluding steroid dienone is 1. The molecule has 1 aromatic rings. The first-order chi connectivity index (χ1) is 9.89. The molecule has 0 amide bonds. The predicted molar refractivity (Wildman–Crippen MR) is 78.6 cm³/mol. The first-order valence-electron chi connectivity index (χ1n) is 7.19. The topological polar surface area (TPSA) is 68.4 Å². The Morgan fingerprint density at radius 2 is 2.19 bits per heavy atom. The van der Waals surface area contributed by atoms with E-state index in [1.807, 2.05) is 20.8 Å². The van der Waals surface area contributed by atoms with Crippen LogP contribution in [0, 0.1) is 5.41 Å². The second-order valence-corrected chi connectivity index (χ2v) is 5.73. The minimum Gasteiger partial charge on any atom is -0.462 e. The van der Waals surface area contributed by atoms with Crippen molar-refractivity contribution in [2.24, 2.45) is 5.41 Å². The fraction of sp³-hybridized carbons (Fsp3) is 0.500. The van der Waals surface area contributed by atoms with Crippen LogP contribution in [0.15, 0.2) is 12.0 Å². The van der Waals surface area contributed by atoms with Gasteiger partial charge in [0.05, 0.1) is 17.6 Å². The largest absolute Gasteiger partial charge is 0.462 e. The number of ether oxygens (including phenoxy) is 2. The number of carbonyl (C=O) groups excluding carboxylic acids is 2. The van der Waals surface area contributed by atoms with Crippen molar-refractivity contribution in [3.8, 4) is 0 Å². The quantitative estimate of drug-likeness (QED) is 0.866. The average Bonchev–Trinajstić information content (AvgIpc) is 2.91. The molecule has 1 saturated heterocycles. The summed E-state index contributed by atoms with van der Waals surface area (Å²) in [7, 11) is 0. The summed E-state index contributed by atoms with van der Waals surface area (Å²) in [6, 6.07) is 0. The van der Waals surface area contributed by atoms with Crippen LogP contribution in [0.25, 0.3) is 6.08 Å². The summed E-state index contributed by atoms with van der Waals surface area (Å²) in [5, 5.41) is 0. The number of hydrogen-bond donors (Lipinski definition) is 1. The van der Waals surface area contributed by atoms with Crippen molar-refractivity contribution in [2.45, 2.75) is 40.5 Å². The van der Waals surface area contributed by atoms with Crippen LogP contribution in [0.1, 0.15) is 55.7 Å². The van der Waals surface area contributed by atoms with Crippen LogP contribution in [-0.4, -0.2) is 23.5 Å². The van der Waals surface area contributed by atoms with E-state index in [-0.39, 0.29) is 11.9 Å². The number of hydrogen-bond acceptors (Lipinski definition) is 4. The first-order valence-corrected chi connectivity index (χ1v) is 7.19. The molecule has 0 aliphatic carbocycles. The molecule has 5 nitrogen and oxygen atoms in total. The average molecular weight is 291 g/mol. The molecular formula is C16H21NO4. The highest BCUT2D eigenvalue weighted by Gasteiger charge is 2.38. The molecule has 5 heteroatoms. The molecule has 2 heterocycles. The lowest BCUT2D eigenvalue weighted by molar-refractivity contribution is -0.142. The zero-order valence-electron chi connectivity index (χ0n) is 12.9. The van der Waals surface area contributed by atoms with Gasteiger partial charge in [-0.25, -0.2) is 4.79 Å². The van der Waals surface area contributed by atoms with Gasteiger partial charge >= 0.3 is 11.9 Å². The van der Waals surface area contributed by atoms with Crippen LogP contribution < -0.4 is 0 Å². The minimum atomic E-state index is -0.491. The second kappa shape index (κ2) is 5.76. The predicted octanol–water partition coefficient (Wildman–Crippen LogP) is 3.07. The van der Waals surface area contributed by atoms with E-state index in [1.54, 1.807) is 19.2 Å². The Kier molecular flexibility index (Phi) is 4.21. The Balaban J connectivity index is 2.30. The van der Waals surface area contributed by atoms with Gasteiger partial charge in [-0.05, 0) is 32.8 Å². The third-order valence-corrected chi connectivity index (χ3v) is 3.57. The summed E-state index contributed by atoms with van der Waals surface area (Å²) in [6.07, 6.45) is 4.69. The van der Waals surface area contributed by atoms with Gasteiger partial charge in [-0.2, -0.15) is 0 Å². The summed E-state index contributed by atoms with van der Waals surface area (Å²) in [5.41, 5.74) is 1.71. The monoisotopic (exact) mass is 291 g/mol. The smallest absolute Gasteiger partial charge is 0.339 e. The normalized spacial score (nSPS) is 18.9. The van der Waals surface area contributed by atoms with Gasteiger partial charge in [0.15, 0.2) is 0 Å². The highest BCUT2D eigenvalue weighted by atomic mass is 16.5. The van der Waals surface area contributed by atoms with E-state index < -0.39 is 5.41 Å². The molecule has 0 saturated carbocycles. The van der Waals surface area contributed by atoms with Crippen molar-refractivity contribution in [3.05, 3.63) is 28.8 Å². The van der Waals surface area contributed by atoms with Crippen molar-refractivity contribution in [2.75, 3.05) is 6.61 Å². The molecule has 1 N–H and O–H groups in total. The zero-order valence-corrected chi connectivity index (χ0v) is 12.9. The molecule has 2 rings (SSSR count). The van der Waals surface area contributed by atoms with Crippen LogP contribution in [0.5, 0.6) is 0 Å². The van der Waals surface area contributed by atoms with Gasteiger partial charge in [-0.1, -0.05) is 6.92 Å². The van der Waals surface area contributed by atoms with Gasteiger partial charge in [-0.3, -0.25) is 4.79 Å². The molecule has 0 aromatic carbocycles. The second-order valence-electron chi connectivity index (χ2n) is 5.73. The standard InChI is InChI=1S/C16H21NO4/c1-5-11-12(14(18)20-6-2)9-17-13(11)7-10-8-16(3,4)15(19)21-10/h7,9,17H,5-6,8H2,1-4H3/b10-7+. The number of nitrogens with one attached hydrogen (secondary N) is 1. The van der Waals surface area contributed by atoms with Crippen LogP contribution in [0.3, 0.4) is 0 Å². The van der Waals surface area contributed by atoms with E-state index >= 15 is 0 Å². The molecular weight excluding hydrogens is 270 g/mol. The van der Waals surface area contributed by atoms with Gasteiger partial charge in [0, 0.05) is 24.4 Å². The maximum absolute atomic E-state index is 11.9. The molecule has 0 bridgehead atoms. The van der Waals surface area contributed by atoms with Gasteiger partial charge < -0.3 is 14.5 Å². The summed E-state index contributed by atoms with van der Waals surface area (Å²) < 4.78 is 10.3. The number of cyclic esters (lactones) is 1. The molecule has 0 unspecified atom stereocenters. The Labute approximate surface area is 124 Å². The number of carbonyl (C=O) groups is 2. The van der Waals surface area contributed by atoms with E-state index in [9.17, 15) is 9.59 Å². The maximum atomic E-state index is 11.9. The Morgan fingerprint density at radius 1 is 1.48 bits per heavy atom. The first kappa shape index (κ1) is 15.4. The van der Waals surface area contributed by atoms with Crippen molar-refractivity contribution in [1.82, 2.24) is 4.98 Å². The number of H-pyrrole nitrogens is 1. The van der Waals surface area contributed by atoms with E-state index in [0.717, 1.165) is 11.3 Å². The third kappa shape index (κ3) is 3.01. The molecule has 1 fully saturated rings. The zero-order chi connectivity index (χ0) is 15.6. The molecule has 1 aliphatic rings. The maximum Gasteiger partial charge on any atom is 0.339 e. The van der Waals surface area contributed by atoms with Gasteiger partial charge in [-0.15, -0.1) is 0 Å². The van der Waals surface area contributed by atoms with Gasteiger partial charge in [0.25, 0.3) is 0 Å². The van der Waals surface area contributed by atoms with E-state index in [4.69, 9.17) is 9.47 Å². The highest BCUT2D eigenvalue weighted by Crippen LogP contribution is 2.36. The molecule has 0 atom stereocenters. The van der Waals surface area contributed by atoms with Crippen molar-refractivity contribution in [1.29, 1.82) is 0 Å². The molecule has 1 aliphatic heterocycles. The molecule has 1 aromatic heterocycles. The highest BCUT2D eigenvalue weighted by molar-refractivity contribution is 5.92. The number of rotatable bonds is 4. The summed E-state index contributed by atoms with van der Waals surface area (Å²) in [4.78, 5) is 26.6. The third-order valence-electron chi connectivity index (χ3n) is 3.57. The minimum absolute atomic E-state index is 0.219. The number of aromatic amines is 1. The molecule has 0 radical (unpaired) electrons. The van der Waals surface area contributed by atoms with Crippen LogP contribution >= 0.6 is 0 Å². The van der Waals surface area contributed by atoms with Crippen molar-refractivity contribution < 1.29 is 19.1 Å². The van der Waals surface area contributed by atoms with Gasteiger partial charge in [0.1, 0.15) is 5.76 Å². The lowest BCUT2D eigenvalue weighted by Gasteiger charge is -2.07. The lowest BCUT2D eigenvalue weighted by atomic mass is 9.91.